The molecule has 0 radical (unpaired) electrons. The van der Waals surface area contributed by atoms with Crippen molar-refractivity contribution in [3.8, 4) is 0 Å². The van der Waals surface area contributed by atoms with Crippen LogP contribution in [0.3, 0.4) is 0 Å². The number of tetrazole rings is 1. The van der Waals surface area contributed by atoms with Crippen molar-refractivity contribution in [2.75, 3.05) is 13.7 Å². The molecule has 0 bridgehead atoms. The zero-order valence-corrected chi connectivity index (χ0v) is 10.1. The quantitative estimate of drug-likeness (QED) is 0.820. The standard InChI is InChI=1S/C10H19N5O/c1-7-6-9(4-5-16-7)15-10(8(2)11-3)12-13-14-15/h7-9,11H,4-6H2,1-3H3. The molecular weight excluding hydrogens is 206 g/mol. The summed E-state index contributed by atoms with van der Waals surface area (Å²) in [7, 11) is 1.91. The van der Waals surface area contributed by atoms with Gasteiger partial charge in [0.2, 0.25) is 0 Å². The van der Waals surface area contributed by atoms with Crippen LogP contribution in [0.1, 0.15) is 44.6 Å². The van der Waals surface area contributed by atoms with Crippen molar-refractivity contribution in [1.82, 2.24) is 25.5 Å². The Hall–Kier alpha value is -1.01. The highest BCUT2D eigenvalue weighted by molar-refractivity contribution is 4.92. The Morgan fingerprint density at radius 3 is 3.06 bits per heavy atom. The fourth-order valence-corrected chi connectivity index (χ4v) is 2.07. The van der Waals surface area contributed by atoms with E-state index in [4.69, 9.17) is 4.74 Å². The molecule has 0 aliphatic carbocycles. The third-order valence-corrected chi connectivity index (χ3v) is 3.14. The Labute approximate surface area is 95.4 Å². The van der Waals surface area contributed by atoms with Gasteiger partial charge in [0.1, 0.15) is 0 Å². The van der Waals surface area contributed by atoms with Gasteiger partial charge in [-0.25, -0.2) is 4.68 Å². The minimum atomic E-state index is 0.174. The maximum absolute atomic E-state index is 5.54. The molecule has 1 aliphatic heterocycles. The molecule has 6 heteroatoms. The van der Waals surface area contributed by atoms with E-state index >= 15 is 0 Å². The van der Waals surface area contributed by atoms with Crippen molar-refractivity contribution in [1.29, 1.82) is 0 Å². The van der Waals surface area contributed by atoms with Gasteiger partial charge in [-0.3, -0.25) is 0 Å². The first-order valence-electron chi connectivity index (χ1n) is 5.79. The summed E-state index contributed by atoms with van der Waals surface area (Å²) in [6, 6.07) is 0.540. The Kier molecular flexibility index (Phi) is 3.50. The average Bonchev–Trinajstić information content (AvgIpc) is 2.77. The first-order valence-corrected chi connectivity index (χ1v) is 5.79. The van der Waals surface area contributed by atoms with E-state index < -0.39 is 0 Å². The molecule has 0 amide bonds. The van der Waals surface area contributed by atoms with Gasteiger partial charge in [-0.2, -0.15) is 0 Å². The largest absolute Gasteiger partial charge is 0.378 e. The molecule has 3 atom stereocenters. The first kappa shape index (κ1) is 11.5. The molecule has 1 aromatic heterocycles. The Morgan fingerprint density at radius 2 is 2.38 bits per heavy atom. The number of rotatable bonds is 3. The molecule has 1 fully saturated rings. The highest BCUT2D eigenvalue weighted by Crippen LogP contribution is 2.25. The van der Waals surface area contributed by atoms with Gasteiger partial charge in [-0.1, -0.05) is 0 Å². The van der Waals surface area contributed by atoms with Crippen LogP contribution in [0, 0.1) is 0 Å². The lowest BCUT2D eigenvalue weighted by Gasteiger charge is -2.28. The maximum Gasteiger partial charge on any atom is 0.168 e. The summed E-state index contributed by atoms with van der Waals surface area (Å²) in [6.07, 6.45) is 2.26. The van der Waals surface area contributed by atoms with E-state index in [-0.39, 0.29) is 6.04 Å². The summed E-state index contributed by atoms with van der Waals surface area (Å²) in [5.74, 6) is 0.904. The van der Waals surface area contributed by atoms with E-state index in [1.807, 2.05) is 11.7 Å². The lowest BCUT2D eigenvalue weighted by molar-refractivity contribution is 0.00229. The van der Waals surface area contributed by atoms with Crippen LogP contribution < -0.4 is 5.32 Å². The van der Waals surface area contributed by atoms with E-state index in [9.17, 15) is 0 Å². The van der Waals surface area contributed by atoms with E-state index in [1.54, 1.807) is 0 Å². The van der Waals surface area contributed by atoms with Gasteiger partial charge in [0.15, 0.2) is 5.82 Å². The molecule has 0 saturated carbocycles. The zero-order valence-electron chi connectivity index (χ0n) is 10.1. The predicted molar refractivity (Wildman–Crippen MR) is 59.0 cm³/mol. The predicted octanol–water partition coefficient (Wildman–Crippen LogP) is 0.693. The van der Waals surface area contributed by atoms with Crippen LogP contribution in [-0.2, 0) is 4.74 Å². The summed E-state index contributed by atoms with van der Waals surface area (Å²) >= 11 is 0. The smallest absolute Gasteiger partial charge is 0.168 e. The van der Waals surface area contributed by atoms with E-state index in [0.29, 0.717) is 12.1 Å². The minimum absolute atomic E-state index is 0.174. The van der Waals surface area contributed by atoms with Crippen molar-refractivity contribution in [3.63, 3.8) is 0 Å². The minimum Gasteiger partial charge on any atom is -0.378 e. The SMILES string of the molecule is CNC(C)c1nnnn1C1CCOC(C)C1. The number of hydrogen-bond donors (Lipinski definition) is 1. The normalized spacial score (nSPS) is 27.9. The van der Waals surface area contributed by atoms with E-state index in [2.05, 4.69) is 34.7 Å². The summed E-state index contributed by atoms with van der Waals surface area (Å²) in [5.41, 5.74) is 0. The number of hydrogen-bond acceptors (Lipinski definition) is 5. The van der Waals surface area contributed by atoms with Gasteiger partial charge < -0.3 is 10.1 Å². The van der Waals surface area contributed by atoms with Crippen molar-refractivity contribution in [2.45, 2.75) is 44.9 Å². The third kappa shape index (κ3) is 2.22. The third-order valence-electron chi connectivity index (χ3n) is 3.14. The van der Waals surface area contributed by atoms with Crippen molar-refractivity contribution in [2.24, 2.45) is 0 Å². The molecule has 16 heavy (non-hydrogen) atoms. The lowest BCUT2D eigenvalue weighted by atomic mass is 10.0. The lowest BCUT2D eigenvalue weighted by Crippen LogP contribution is -2.29. The van der Waals surface area contributed by atoms with Crippen LogP contribution in [0.2, 0.25) is 0 Å². The van der Waals surface area contributed by atoms with Gasteiger partial charge in [-0.15, -0.1) is 5.10 Å². The number of nitrogens with one attached hydrogen (secondary N) is 1. The van der Waals surface area contributed by atoms with Gasteiger partial charge >= 0.3 is 0 Å². The molecule has 1 saturated heterocycles. The topological polar surface area (TPSA) is 64.9 Å². The monoisotopic (exact) mass is 225 g/mol. The molecule has 1 N–H and O–H groups in total. The van der Waals surface area contributed by atoms with Crippen LogP contribution in [0.5, 0.6) is 0 Å². The van der Waals surface area contributed by atoms with Gasteiger partial charge in [-0.05, 0) is 44.2 Å². The molecule has 2 heterocycles. The summed E-state index contributed by atoms with van der Waals surface area (Å²) in [5, 5.41) is 15.1. The fourth-order valence-electron chi connectivity index (χ4n) is 2.07. The molecular formula is C10H19N5O. The Balaban J connectivity index is 2.16. The zero-order chi connectivity index (χ0) is 11.5. The molecule has 0 spiro atoms. The van der Waals surface area contributed by atoms with Gasteiger partial charge in [0, 0.05) is 6.61 Å². The Bertz CT molecular complexity index is 340. The van der Waals surface area contributed by atoms with Crippen LogP contribution >= 0.6 is 0 Å². The second-order valence-electron chi connectivity index (χ2n) is 4.35. The number of aromatic nitrogens is 4. The van der Waals surface area contributed by atoms with Crippen LogP contribution in [-0.4, -0.2) is 40.0 Å². The highest BCUT2D eigenvalue weighted by Gasteiger charge is 2.25. The number of ether oxygens (including phenoxy) is 1. The molecule has 90 valence electrons. The first-order chi connectivity index (χ1) is 7.72. The Morgan fingerprint density at radius 1 is 1.56 bits per heavy atom. The summed E-state index contributed by atoms with van der Waals surface area (Å²) in [6.45, 7) is 4.95. The van der Waals surface area contributed by atoms with Crippen molar-refractivity contribution >= 4 is 0 Å². The second-order valence-corrected chi connectivity index (χ2v) is 4.35. The van der Waals surface area contributed by atoms with Crippen molar-refractivity contribution in [3.05, 3.63) is 5.82 Å². The van der Waals surface area contributed by atoms with Crippen LogP contribution in [0.25, 0.3) is 0 Å². The highest BCUT2D eigenvalue weighted by atomic mass is 16.5. The molecule has 1 aromatic rings. The maximum atomic E-state index is 5.54. The molecule has 3 unspecified atom stereocenters. The van der Waals surface area contributed by atoms with Crippen molar-refractivity contribution < 1.29 is 4.74 Å². The van der Waals surface area contributed by atoms with Crippen LogP contribution in [0.15, 0.2) is 0 Å². The fraction of sp³-hybridized carbons (Fsp3) is 0.900. The van der Waals surface area contributed by atoms with Crippen LogP contribution in [0.4, 0.5) is 0 Å². The molecule has 1 aliphatic rings. The summed E-state index contributed by atoms with van der Waals surface area (Å²) < 4.78 is 7.48. The molecule has 2 rings (SSSR count). The van der Waals surface area contributed by atoms with E-state index in [1.165, 1.54) is 0 Å². The number of nitrogens with zero attached hydrogens (tertiary/aromatic N) is 4. The second kappa shape index (κ2) is 4.88. The van der Waals surface area contributed by atoms with Gasteiger partial charge in [0.05, 0.1) is 18.2 Å². The van der Waals surface area contributed by atoms with E-state index in [0.717, 1.165) is 25.3 Å². The summed E-state index contributed by atoms with van der Waals surface area (Å²) in [4.78, 5) is 0. The molecule has 0 aromatic carbocycles. The average molecular weight is 225 g/mol. The molecule has 6 nitrogen and oxygen atoms in total. The van der Waals surface area contributed by atoms with Gasteiger partial charge in [0.25, 0.3) is 0 Å².